The maximum atomic E-state index is 12.1. The summed E-state index contributed by atoms with van der Waals surface area (Å²) in [7, 11) is -4.42. The van der Waals surface area contributed by atoms with Crippen molar-refractivity contribution in [1.82, 2.24) is 5.32 Å². The van der Waals surface area contributed by atoms with E-state index in [9.17, 15) is 24.2 Å². The SMILES string of the molecule is CCCCCCCC/C=C/CCCCCCCCCCCCCC(=O)OCC(O)COP(=O)(O)OCCNC(=O)CCCCCCCCCCCCCCCCCCC. The second-order valence-electron chi connectivity index (χ2n) is 17.1. The fourth-order valence-corrected chi connectivity index (χ4v) is 8.13. The highest BCUT2D eigenvalue weighted by Crippen LogP contribution is 2.42. The quantitative estimate of drug-likeness (QED) is 0.0239. The molecule has 0 aliphatic rings. The number of phosphoric acid groups is 1. The Morgan fingerprint density at radius 3 is 1.27 bits per heavy atom. The highest BCUT2D eigenvalue weighted by Gasteiger charge is 2.23. The van der Waals surface area contributed by atoms with Crippen LogP contribution in [0.4, 0.5) is 0 Å². The van der Waals surface area contributed by atoms with E-state index >= 15 is 0 Å². The van der Waals surface area contributed by atoms with Gasteiger partial charge in [0.05, 0.1) is 13.2 Å². The second-order valence-corrected chi connectivity index (χ2v) is 18.6. The largest absolute Gasteiger partial charge is 0.472 e. The van der Waals surface area contributed by atoms with Crippen molar-refractivity contribution in [3.8, 4) is 0 Å². The number of esters is 1. The van der Waals surface area contributed by atoms with Gasteiger partial charge >= 0.3 is 13.8 Å². The lowest BCUT2D eigenvalue weighted by molar-refractivity contribution is -0.147. The van der Waals surface area contributed by atoms with Crippen LogP contribution in [0.15, 0.2) is 12.2 Å². The predicted octanol–water partition coefficient (Wildman–Crippen LogP) is 14.6. The Labute approximate surface area is 364 Å². The number of aliphatic hydroxyl groups excluding tert-OH is 1. The van der Waals surface area contributed by atoms with E-state index in [0.717, 1.165) is 38.5 Å². The summed E-state index contributed by atoms with van der Waals surface area (Å²) < 4.78 is 27.0. The van der Waals surface area contributed by atoms with Gasteiger partial charge in [-0.25, -0.2) is 4.57 Å². The maximum absolute atomic E-state index is 12.1. The van der Waals surface area contributed by atoms with E-state index < -0.39 is 26.5 Å². The van der Waals surface area contributed by atoms with Crippen LogP contribution in [-0.4, -0.2) is 54.3 Å². The van der Waals surface area contributed by atoms with Gasteiger partial charge in [0.2, 0.25) is 5.91 Å². The topological polar surface area (TPSA) is 131 Å². The van der Waals surface area contributed by atoms with Gasteiger partial charge in [-0.2, -0.15) is 0 Å². The zero-order valence-electron chi connectivity index (χ0n) is 38.7. The maximum Gasteiger partial charge on any atom is 0.472 e. The van der Waals surface area contributed by atoms with Crippen LogP contribution in [0.25, 0.3) is 0 Å². The molecule has 0 rings (SSSR count). The van der Waals surface area contributed by atoms with Gasteiger partial charge in [-0.3, -0.25) is 18.6 Å². The van der Waals surface area contributed by atoms with Crippen LogP contribution in [0.1, 0.15) is 258 Å². The van der Waals surface area contributed by atoms with E-state index in [4.69, 9.17) is 13.8 Å². The van der Waals surface area contributed by atoms with Crippen LogP contribution in [0, 0.1) is 0 Å². The molecule has 10 heteroatoms. The van der Waals surface area contributed by atoms with Crippen LogP contribution >= 0.6 is 7.82 Å². The molecule has 1 amide bonds. The van der Waals surface area contributed by atoms with E-state index in [1.165, 1.54) is 193 Å². The Morgan fingerprint density at radius 2 is 0.864 bits per heavy atom. The molecule has 0 fully saturated rings. The molecule has 2 unspecified atom stereocenters. The summed E-state index contributed by atoms with van der Waals surface area (Å²) >= 11 is 0. The van der Waals surface area contributed by atoms with Crippen molar-refractivity contribution >= 4 is 19.7 Å². The van der Waals surface area contributed by atoms with E-state index in [2.05, 4.69) is 31.3 Å². The number of carbonyl (C=O) groups is 2. The van der Waals surface area contributed by atoms with Crippen LogP contribution < -0.4 is 5.32 Å². The van der Waals surface area contributed by atoms with Crippen LogP contribution in [0.3, 0.4) is 0 Å². The first kappa shape index (κ1) is 57.8. The van der Waals surface area contributed by atoms with Gasteiger partial charge in [0, 0.05) is 19.4 Å². The standard InChI is InChI=1S/C49H96NO8P/c1-3-5-7-9-11-13-15-17-19-21-22-23-24-26-28-30-32-34-36-38-40-42-49(53)56-45-47(51)46-58-59(54,55)57-44-43-50-48(52)41-39-37-35-33-31-29-27-25-20-18-16-14-12-10-8-6-4-2/h17,19,47,51H,3-16,18,20-46H2,1-2H3,(H,50,52)(H,54,55)/b19-17+. The fourth-order valence-electron chi connectivity index (χ4n) is 7.38. The van der Waals surface area contributed by atoms with Crippen LogP contribution in [0.5, 0.6) is 0 Å². The molecule has 350 valence electrons. The molecule has 0 aromatic carbocycles. The summed E-state index contributed by atoms with van der Waals surface area (Å²) in [5.74, 6) is -0.504. The Morgan fingerprint density at radius 1 is 0.508 bits per heavy atom. The second kappa shape index (κ2) is 46.3. The lowest BCUT2D eigenvalue weighted by atomic mass is 10.0. The fraction of sp³-hybridized carbons (Fsp3) is 0.918. The molecular formula is C49H96NO8P. The Kier molecular flexibility index (Phi) is 45.3. The smallest absolute Gasteiger partial charge is 0.463 e. The Bertz CT molecular complexity index is 980. The number of aliphatic hydroxyl groups is 1. The van der Waals surface area contributed by atoms with Gasteiger partial charge in [-0.15, -0.1) is 0 Å². The minimum Gasteiger partial charge on any atom is -0.463 e. The molecule has 0 saturated carbocycles. The number of unbranched alkanes of at least 4 members (excludes halogenated alkanes) is 33. The molecule has 0 radical (unpaired) electrons. The molecule has 0 heterocycles. The summed E-state index contributed by atoms with van der Waals surface area (Å²) in [5, 5.41) is 12.7. The molecule has 0 aliphatic heterocycles. The van der Waals surface area contributed by atoms with Crippen molar-refractivity contribution in [2.75, 3.05) is 26.4 Å². The number of nitrogens with one attached hydrogen (secondary N) is 1. The number of ether oxygens (including phenoxy) is 1. The molecule has 3 N–H and O–H groups in total. The average molecular weight is 858 g/mol. The first-order valence-corrected chi connectivity index (χ1v) is 26.7. The number of phosphoric ester groups is 1. The van der Waals surface area contributed by atoms with Gasteiger partial charge < -0.3 is 20.1 Å². The third-order valence-electron chi connectivity index (χ3n) is 11.2. The number of rotatable bonds is 48. The average Bonchev–Trinajstić information content (AvgIpc) is 3.22. The molecule has 0 saturated heterocycles. The number of allylic oxidation sites excluding steroid dienone is 2. The third-order valence-corrected chi connectivity index (χ3v) is 12.2. The molecule has 0 spiro atoms. The minimum atomic E-state index is -4.42. The van der Waals surface area contributed by atoms with E-state index in [1.54, 1.807) is 0 Å². The van der Waals surface area contributed by atoms with Crippen LogP contribution in [0.2, 0.25) is 0 Å². The molecule has 0 bridgehead atoms. The van der Waals surface area contributed by atoms with E-state index in [1.807, 2.05) is 0 Å². The van der Waals surface area contributed by atoms with Crippen molar-refractivity contribution in [3.05, 3.63) is 12.2 Å². The Hall–Kier alpha value is -1.25. The summed E-state index contributed by atoms with van der Waals surface area (Å²) in [6, 6.07) is 0. The summed E-state index contributed by atoms with van der Waals surface area (Å²) in [6.45, 7) is 3.60. The third kappa shape index (κ3) is 47.6. The van der Waals surface area contributed by atoms with E-state index in [-0.39, 0.29) is 32.1 Å². The predicted molar refractivity (Wildman–Crippen MR) is 248 cm³/mol. The molecule has 0 aromatic rings. The van der Waals surface area contributed by atoms with Gasteiger partial charge in [-0.05, 0) is 38.5 Å². The van der Waals surface area contributed by atoms with Crippen molar-refractivity contribution in [1.29, 1.82) is 0 Å². The van der Waals surface area contributed by atoms with Crippen molar-refractivity contribution in [2.24, 2.45) is 0 Å². The molecule has 59 heavy (non-hydrogen) atoms. The number of hydrogen-bond acceptors (Lipinski definition) is 7. The van der Waals surface area contributed by atoms with Crippen molar-refractivity contribution in [3.63, 3.8) is 0 Å². The Balaban J connectivity index is 3.52. The highest BCUT2D eigenvalue weighted by atomic mass is 31.2. The van der Waals surface area contributed by atoms with Gasteiger partial charge in [-0.1, -0.05) is 219 Å². The van der Waals surface area contributed by atoms with Gasteiger partial charge in [0.25, 0.3) is 0 Å². The monoisotopic (exact) mass is 858 g/mol. The first-order chi connectivity index (χ1) is 28.8. The molecule has 2 atom stereocenters. The van der Waals surface area contributed by atoms with Crippen molar-refractivity contribution in [2.45, 2.75) is 264 Å². The summed E-state index contributed by atoms with van der Waals surface area (Å²) in [5.41, 5.74) is 0. The number of hydrogen-bond donors (Lipinski definition) is 3. The van der Waals surface area contributed by atoms with Crippen LogP contribution in [-0.2, 0) is 27.9 Å². The molecule has 0 aromatic heterocycles. The zero-order chi connectivity index (χ0) is 43.2. The lowest BCUT2D eigenvalue weighted by Crippen LogP contribution is -2.27. The van der Waals surface area contributed by atoms with E-state index in [0.29, 0.717) is 6.42 Å². The molecule has 9 nitrogen and oxygen atoms in total. The van der Waals surface area contributed by atoms with Gasteiger partial charge in [0.15, 0.2) is 0 Å². The number of amides is 1. The highest BCUT2D eigenvalue weighted by molar-refractivity contribution is 7.47. The minimum absolute atomic E-state index is 0.0870. The molecule has 0 aliphatic carbocycles. The zero-order valence-corrected chi connectivity index (χ0v) is 39.6. The molecular weight excluding hydrogens is 762 g/mol. The summed E-state index contributed by atoms with van der Waals surface area (Å²) in [4.78, 5) is 34.0. The normalized spacial score (nSPS) is 13.2. The van der Waals surface area contributed by atoms with Gasteiger partial charge in [0.1, 0.15) is 12.7 Å². The van der Waals surface area contributed by atoms with Crippen molar-refractivity contribution < 1.29 is 37.9 Å². The summed E-state index contributed by atoms with van der Waals surface area (Å²) in [6.07, 6.45) is 50.0. The lowest BCUT2D eigenvalue weighted by Gasteiger charge is -2.15. The number of carbonyl (C=O) groups excluding carboxylic acids is 2. The first-order valence-electron chi connectivity index (χ1n) is 25.2.